The van der Waals surface area contributed by atoms with Gasteiger partial charge in [-0.05, 0) is 74.5 Å². The Morgan fingerprint density at radius 1 is 1.00 bits per heavy atom. The second-order valence-corrected chi connectivity index (χ2v) is 10.7. The van der Waals surface area contributed by atoms with Gasteiger partial charge < -0.3 is 4.74 Å². The lowest BCUT2D eigenvalue weighted by Gasteiger charge is -2.16. The van der Waals surface area contributed by atoms with Gasteiger partial charge in [-0.3, -0.25) is 4.57 Å². The van der Waals surface area contributed by atoms with Gasteiger partial charge in [0.25, 0.3) is 0 Å². The first-order valence-electron chi connectivity index (χ1n) is 11.6. The van der Waals surface area contributed by atoms with Crippen LogP contribution in [-0.2, 0) is 5.75 Å². The van der Waals surface area contributed by atoms with E-state index in [1.165, 1.54) is 11.1 Å². The van der Waals surface area contributed by atoms with Crippen molar-refractivity contribution in [2.45, 2.75) is 44.6 Å². The molecule has 0 unspecified atom stereocenters. The third-order valence-corrected chi connectivity index (χ3v) is 8.05. The van der Waals surface area contributed by atoms with Gasteiger partial charge in [0.15, 0.2) is 11.0 Å². The predicted octanol–water partition coefficient (Wildman–Crippen LogP) is 7.72. The molecule has 5 nitrogen and oxygen atoms in total. The maximum absolute atomic E-state index is 5.54. The van der Waals surface area contributed by atoms with Gasteiger partial charge in [-0.25, -0.2) is 4.98 Å². The lowest BCUT2D eigenvalue weighted by atomic mass is 10.0. The van der Waals surface area contributed by atoms with Gasteiger partial charge in [0, 0.05) is 28.3 Å². The fraction of sp³-hybridized carbons (Fsp3) is 0.250. The number of hydrogen-bond acceptors (Lipinski definition) is 6. The number of benzene rings is 2. The third kappa shape index (κ3) is 4.58. The Balaban J connectivity index is 1.64. The number of nitrogens with zero attached hydrogens (tertiary/aromatic N) is 4. The number of thioether (sulfide) groups is 1. The molecule has 0 aliphatic rings. The minimum Gasteiger partial charge on any atom is -0.496 e. The fourth-order valence-corrected chi connectivity index (χ4v) is 5.95. The highest BCUT2D eigenvalue weighted by atomic mass is 32.2. The van der Waals surface area contributed by atoms with Crippen LogP contribution < -0.4 is 4.74 Å². The van der Waals surface area contributed by atoms with Crippen molar-refractivity contribution in [2.75, 3.05) is 7.11 Å². The largest absolute Gasteiger partial charge is 0.496 e. The van der Waals surface area contributed by atoms with Gasteiger partial charge in [-0.2, -0.15) is 0 Å². The Hall–Kier alpha value is -3.16. The van der Waals surface area contributed by atoms with E-state index < -0.39 is 0 Å². The monoisotopic (exact) mass is 500 g/mol. The molecule has 0 saturated heterocycles. The average Bonchev–Trinajstić information content (AvgIpc) is 3.53. The van der Waals surface area contributed by atoms with Gasteiger partial charge in [0.05, 0.1) is 23.2 Å². The van der Waals surface area contributed by atoms with Crippen LogP contribution in [0.1, 0.15) is 36.6 Å². The van der Waals surface area contributed by atoms with Gasteiger partial charge in [-0.1, -0.05) is 36.0 Å². The lowest BCUT2D eigenvalue weighted by molar-refractivity contribution is 0.411. The first kappa shape index (κ1) is 23.6. The van der Waals surface area contributed by atoms with Crippen LogP contribution in [0.25, 0.3) is 32.9 Å². The number of methoxy groups -OCH3 is 1. The number of pyridine rings is 1. The molecule has 0 bridgehead atoms. The van der Waals surface area contributed by atoms with Crippen molar-refractivity contribution in [3.63, 3.8) is 0 Å². The first-order chi connectivity index (χ1) is 17.0. The highest BCUT2D eigenvalue weighted by Crippen LogP contribution is 2.37. The molecule has 0 amide bonds. The van der Waals surface area contributed by atoms with E-state index in [1.54, 1.807) is 30.2 Å². The van der Waals surface area contributed by atoms with Crippen molar-refractivity contribution >= 4 is 34.0 Å². The minimum atomic E-state index is 0.195. The fourth-order valence-electron chi connectivity index (χ4n) is 4.21. The summed E-state index contributed by atoms with van der Waals surface area (Å²) in [5, 5.41) is 13.4. The Morgan fingerprint density at radius 3 is 2.54 bits per heavy atom. The van der Waals surface area contributed by atoms with Crippen molar-refractivity contribution in [1.29, 1.82) is 0 Å². The first-order valence-corrected chi connectivity index (χ1v) is 13.5. The highest BCUT2D eigenvalue weighted by molar-refractivity contribution is 7.98. The average molecular weight is 501 g/mol. The van der Waals surface area contributed by atoms with E-state index in [1.807, 2.05) is 18.2 Å². The molecule has 2 aromatic carbocycles. The molecule has 3 aromatic heterocycles. The van der Waals surface area contributed by atoms with Crippen LogP contribution in [0, 0.1) is 13.8 Å². The smallest absolute Gasteiger partial charge is 0.192 e. The third-order valence-electron chi connectivity index (χ3n) is 6.17. The molecular weight excluding hydrogens is 472 g/mol. The van der Waals surface area contributed by atoms with Crippen LogP contribution in [0.3, 0.4) is 0 Å². The summed E-state index contributed by atoms with van der Waals surface area (Å²) >= 11 is 3.38. The van der Waals surface area contributed by atoms with Crippen molar-refractivity contribution in [3.8, 4) is 27.7 Å². The highest BCUT2D eigenvalue weighted by Gasteiger charge is 2.21. The zero-order valence-electron chi connectivity index (χ0n) is 20.6. The summed E-state index contributed by atoms with van der Waals surface area (Å²) in [6.07, 6.45) is 0. The topological polar surface area (TPSA) is 52.8 Å². The molecule has 178 valence electrons. The Kier molecular flexibility index (Phi) is 6.62. The van der Waals surface area contributed by atoms with Crippen LogP contribution in [0.2, 0.25) is 0 Å². The van der Waals surface area contributed by atoms with E-state index in [9.17, 15) is 0 Å². The molecular formula is C28H28N4OS2. The Morgan fingerprint density at radius 2 is 1.80 bits per heavy atom. The van der Waals surface area contributed by atoms with E-state index in [2.05, 4.69) is 79.1 Å². The molecule has 7 heteroatoms. The number of rotatable bonds is 7. The summed E-state index contributed by atoms with van der Waals surface area (Å²) in [4.78, 5) is 6.16. The number of ether oxygens (including phenoxy) is 1. The number of hydrogen-bond donors (Lipinski definition) is 0. The molecule has 35 heavy (non-hydrogen) atoms. The second kappa shape index (κ2) is 9.84. The molecule has 3 heterocycles. The number of thiophene rings is 1. The SMILES string of the molecule is COc1ccccc1CSc1nnc(-c2cc(-c3cccs3)nc3cc(C)c(C)cc23)n1C(C)C. The molecule has 0 spiro atoms. The van der Waals surface area contributed by atoms with Crippen molar-refractivity contribution in [2.24, 2.45) is 0 Å². The van der Waals surface area contributed by atoms with E-state index in [0.717, 1.165) is 55.1 Å². The molecule has 5 rings (SSSR count). The van der Waals surface area contributed by atoms with Crippen molar-refractivity contribution in [3.05, 3.63) is 76.7 Å². The minimum absolute atomic E-state index is 0.195. The van der Waals surface area contributed by atoms with Crippen LogP contribution in [-0.4, -0.2) is 26.9 Å². The number of aryl methyl sites for hydroxylation is 2. The number of para-hydroxylation sites is 1. The molecule has 0 saturated carbocycles. The summed E-state index contributed by atoms with van der Waals surface area (Å²) in [5.74, 6) is 2.52. The van der Waals surface area contributed by atoms with Crippen LogP contribution in [0.15, 0.2) is 65.1 Å². The quantitative estimate of drug-likeness (QED) is 0.214. The summed E-state index contributed by atoms with van der Waals surface area (Å²) in [5.41, 5.74) is 6.62. The van der Waals surface area contributed by atoms with Gasteiger partial charge >= 0.3 is 0 Å². The summed E-state index contributed by atoms with van der Waals surface area (Å²) < 4.78 is 7.78. The van der Waals surface area contributed by atoms with E-state index in [-0.39, 0.29) is 6.04 Å². The maximum atomic E-state index is 5.54. The van der Waals surface area contributed by atoms with Gasteiger partial charge in [0.1, 0.15) is 5.75 Å². The predicted molar refractivity (Wildman–Crippen MR) is 146 cm³/mol. The van der Waals surface area contributed by atoms with Gasteiger partial charge in [-0.15, -0.1) is 21.5 Å². The zero-order chi connectivity index (χ0) is 24.5. The maximum Gasteiger partial charge on any atom is 0.192 e. The van der Waals surface area contributed by atoms with Gasteiger partial charge in [0.2, 0.25) is 0 Å². The summed E-state index contributed by atoms with van der Waals surface area (Å²) in [6, 6.07) is 19.1. The molecule has 0 N–H and O–H groups in total. The van der Waals surface area contributed by atoms with Crippen LogP contribution >= 0.6 is 23.1 Å². The van der Waals surface area contributed by atoms with E-state index in [0.29, 0.717) is 0 Å². The molecule has 0 aliphatic heterocycles. The Labute approximate surface area is 214 Å². The molecule has 0 fully saturated rings. The zero-order valence-corrected chi connectivity index (χ0v) is 22.2. The van der Waals surface area contributed by atoms with Crippen molar-refractivity contribution < 1.29 is 4.74 Å². The number of aromatic nitrogens is 4. The van der Waals surface area contributed by atoms with Crippen LogP contribution in [0.4, 0.5) is 0 Å². The molecule has 5 aromatic rings. The molecule has 0 atom stereocenters. The molecule has 0 aliphatic carbocycles. The summed E-state index contributed by atoms with van der Waals surface area (Å²) in [6.45, 7) is 8.64. The normalized spacial score (nSPS) is 11.5. The van der Waals surface area contributed by atoms with Crippen molar-refractivity contribution in [1.82, 2.24) is 19.7 Å². The standard InChI is InChI=1S/C28H28N4OS2/c1-17(2)32-27(30-31-28(32)35-16-20-9-6-7-10-25(20)33-5)22-15-24(26-11-8-12-34-26)29-23-14-19(4)18(3)13-21(22)23/h6-15,17H,16H2,1-5H3. The van der Waals surface area contributed by atoms with Crippen LogP contribution in [0.5, 0.6) is 5.75 Å². The lowest BCUT2D eigenvalue weighted by Crippen LogP contribution is -2.06. The van der Waals surface area contributed by atoms with E-state index >= 15 is 0 Å². The Bertz CT molecular complexity index is 1490. The number of fused-ring (bicyclic) bond motifs is 1. The summed E-state index contributed by atoms with van der Waals surface area (Å²) in [7, 11) is 1.71. The second-order valence-electron chi connectivity index (χ2n) is 8.86. The van der Waals surface area contributed by atoms with E-state index in [4.69, 9.17) is 14.8 Å². The molecule has 0 radical (unpaired) electrons.